The second kappa shape index (κ2) is 3.68. The molecule has 0 radical (unpaired) electrons. The van der Waals surface area contributed by atoms with Gasteiger partial charge in [-0.25, -0.2) is 0 Å². The molecule has 0 heterocycles. The van der Waals surface area contributed by atoms with Crippen molar-refractivity contribution in [3.63, 3.8) is 0 Å². The second-order valence-corrected chi connectivity index (χ2v) is 7.38. The summed E-state index contributed by atoms with van der Waals surface area (Å²) in [6.45, 7) is 2.00. The maximum Gasteiger partial charge on any atom is 0.161 e. The van der Waals surface area contributed by atoms with Crippen LogP contribution in [0.1, 0.15) is 49.7 Å². The van der Waals surface area contributed by atoms with Gasteiger partial charge in [0.25, 0.3) is 0 Å². The maximum atomic E-state index is 10.3. The van der Waals surface area contributed by atoms with Gasteiger partial charge in [-0.2, -0.15) is 0 Å². The lowest BCUT2D eigenvalue weighted by molar-refractivity contribution is -0.00629. The van der Waals surface area contributed by atoms with E-state index in [-0.39, 0.29) is 16.9 Å². The van der Waals surface area contributed by atoms with E-state index in [9.17, 15) is 10.2 Å². The summed E-state index contributed by atoms with van der Waals surface area (Å²) in [5.41, 5.74) is 2.24. The van der Waals surface area contributed by atoms with Gasteiger partial charge in [-0.15, -0.1) is 0 Å². The van der Waals surface area contributed by atoms with Gasteiger partial charge in [-0.3, -0.25) is 0 Å². The van der Waals surface area contributed by atoms with Gasteiger partial charge in [0.15, 0.2) is 11.5 Å². The Bertz CT molecular complexity index is 497. The Morgan fingerprint density at radius 1 is 0.947 bits per heavy atom. The van der Waals surface area contributed by atoms with Crippen molar-refractivity contribution in [3.8, 4) is 11.5 Å². The molecule has 19 heavy (non-hydrogen) atoms. The van der Waals surface area contributed by atoms with Crippen LogP contribution in [0.15, 0.2) is 12.1 Å². The lowest BCUT2D eigenvalue weighted by atomic mass is 9.48. The third kappa shape index (κ3) is 1.62. The first kappa shape index (κ1) is 11.6. The zero-order chi connectivity index (χ0) is 13.2. The van der Waals surface area contributed by atoms with Crippen LogP contribution in [-0.4, -0.2) is 10.2 Å². The Balaban J connectivity index is 1.84. The summed E-state index contributed by atoms with van der Waals surface area (Å²) in [7, 11) is 0. The van der Waals surface area contributed by atoms with Gasteiger partial charge in [-0.05, 0) is 80.2 Å². The summed E-state index contributed by atoms with van der Waals surface area (Å²) in [6.07, 6.45) is 7.85. The molecule has 0 spiro atoms. The molecule has 4 fully saturated rings. The largest absolute Gasteiger partial charge is 0.504 e. The highest BCUT2D eigenvalue weighted by Gasteiger charge is 2.52. The van der Waals surface area contributed by atoms with Crippen LogP contribution in [0.3, 0.4) is 0 Å². The minimum atomic E-state index is 0.0609. The molecule has 5 rings (SSSR count). The van der Waals surface area contributed by atoms with Gasteiger partial charge < -0.3 is 10.2 Å². The van der Waals surface area contributed by atoms with E-state index in [2.05, 4.69) is 6.07 Å². The lowest BCUT2D eigenvalue weighted by Gasteiger charge is -2.57. The van der Waals surface area contributed by atoms with E-state index in [4.69, 9.17) is 0 Å². The van der Waals surface area contributed by atoms with Gasteiger partial charge in [-0.1, -0.05) is 6.07 Å². The molecule has 1 aromatic rings. The molecule has 4 saturated carbocycles. The molecular formula is C17H22O2. The highest BCUT2D eigenvalue weighted by atomic mass is 16.3. The molecule has 0 aliphatic heterocycles. The highest BCUT2D eigenvalue weighted by molar-refractivity contribution is 5.51. The van der Waals surface area contributed by atoms with E-state index in [1.165, 1.54) is 38.5 Å². The number of benzene rings is 1. The monoisotopic (exact) mass is 258 g/mol. The molecule has 4 aliphatic rings. The van der Waals surface area contributed by atoms with Crippen LogP contribution in [0.2, 0.25) is 0 Å². The van der Waals surface area contributed by atoms with Crippen molar-refractivity contribution in [3.05, 3.63) is 23.3 Å². The van der Waals surface area contributed by atoms with E-state index in [0.29, 0.717) is 0 Å². The van der Waals surface area contributed by atoms with Crippen molar-refractivity contribution in [1.82, 2.24) is 0 Å². The molecule has 0 amide bonds. The van der Waals surface area contributed by atoms with Crippen molar-refractivity contribution in [1.29, 1.82) is 0 Å². The number of aromatic hydroxyl groups is 2. The first-order valence-electron chi connectivity index (χ1n) is 7.59. The van der Waals surface area contributed by atoms with Gasteiger partial charge in [0.2, 0.25) is 0 Å². The van der Waals surface area contributed by atoms with Crippen LogP contribution < -0.4 is 0 Å². The first-order chi connectivity index (χ1) is 9.06. The number of aryl methyl sites for hydroxylation is 1. The molecule has 0 aromatic heterocycles. The molecule has 1 aromatic carbocycles. The quantitative estimate of drug-likeness (QED) is 0.751. The highest BCUT2D eigenvalue weighted by Crippen LogP contribution is 2.62. The fraction of sp³-hybridized carbons (Fsp3) is 0.647. The molecular weight excluding hydrogens is 236 g/mol. The predicted octanol–water partition coefficient (Wildman–Crippen LogP) is 3.87. The SMILES string of the molecule is Cc1cc(O)c(O)c(C23CC4CC(CC(C4)C2)C3)c1. The fourth-order valence-electron chi connectivity index (χ4n) is 5.60. The standard InChI is InChI=1S/C17H22O2/c1-10-2-14(16(19)15(18)3-10)17-7-11-4-12(8-17)6-13(5-11)9-17/h2-3,11-13,18-19H,4-9H2,1H3. The van der Waals surface area contributed by atoms with Crippen molar-refractivity contribution in [2.75, 3.05) is 0 Å². The Morgan fingerprint density at radius 2 is 1.47 bits per heavy atom. The summed E-state index contributed by atoms with van der Waals surface area (Å²) in [5, 5.41) is 20.3. The van der Waals surface area contributed by atoms with Crippen LogP contribution in [0, 0.1) is 24.7 Å². The molecule has 0 saturated heterocycles. The maximum absolute atomic E-state index is 10.3. The van der Waals surface area contributed by atoms with Crippen molar-refractivity contribution in [2.45, 2.75) is 50.9 Å². The molecule has 0 unspecified atom stereocenters. The summed E-state index contributed by atoms with van der Waals surface area (Å²) < 4.78 is 0. The zero-order valence-corrected chi connectivity index (χ0v) is 11.5. The topological polar surface area (TPSA) is 40.5 Å². The van der Waals surface area contributed by atoms with Crippen molar-refractivity contribution < 1.29 is 10.2 Å². The molecule has 0 atom stereocenters. The third-order valence-electron chi connectivity index (χ3n) is 5.84. The van der Waals surface area contributed by atoms with Crippen LogP contribution in [0.5, 0.6) is 11.5 Å². The molecule has 2 nitrogen and oxygen atoms in total. The predicted molar refractivity (Wildman–Crippen MR) is 74.4 cm³/mol. The smallest absolute Gasteiger partial charge is 0.161 e. The number of phenols is 2. The van der Waals surface area contributed by atoms with Crippen LogP contribution in [0.25, 0.3) is 0 Å². The fourth-order valence-corrected chi connectivity index (χ4v) is 5.60. The Morgan fingerprint density at radius 3 is 2.00 bits per heavy atom. The minimum absolute atomic E-state index is 0.0609. The second-order valence-electron chi connectivity index (χ2n) is 7.38. The molecule has 4 bridgehead atoms. The van der Waals surface area contributed by atoms with E-state index < -0.39 is 0 Å². The average molecular weight is 258 g/mol. The van der Waals surface area contributed by atoms with Crippen molar-refractivity contribution >= 4 is 0 Å². The Labute approximate surface area is 114 Å². The van der Waals surface area contributed by atoms with Crippen molar-refractivity contribution in [2.24, 2.45) is 17.8 Å². The van der Waals surface area contributed by atoms with Gasteiger partial charge >= 0.3 is 0 Å². The summed E-state index contributed by atoms with van der Waals surface area (Å²) in [5.74, 6) is 2.77. The summed E-state index contributed by atoms with van der Waals surface area (Å²) in [6, 6.07) is 3.78. The van der Waals surface area contributed by atoms with Crippen LogP contribution >= 0.6 is 0 Å². The van der Waals surface area contributed by atoms with E-state index in [1.54, 1.807) is 6.07 Å². The summed E-state index contributed by atoms with van der Waals surface area (Å²) >= 11 is 0. The zero-order valence-electron chi connectivity index (χ0n) is 11.5. The van der Waals surface area contributed by atoms with E-state index >= 15 is 0 Å². The molecule has 2 heteroatoms. The average Bonchev–Trinajstić information content (AvgIpc) is 2.32. The minimum Gasteiger partial charge on any atom is -0.504 e. The Hall–Kier alpha value is -1.18. The normalized spacial score (nSPS) is 39.7. The number of rotatable bonds is 1. The van der Waals surface area contributed by atoms with Crippen LogP contribution in [-0.2, 0) is 5.41 Å². The number of phenolic OH excluding ortho intramolecular Hbond substituents is 2. The van der Waals surface area contributed by atoms with Gasteiger partial charge in [0, 0.05) is 5.56 Å². The summed E-state index contributed by atoms with van der Waals surface area (Å²) in [4.78, 5) is 0. The van der Waals surface area contributed by atoms with E-state index in [0.717, 1.165) is 28.9 Å². The molecule has 4 aliphatic carbocycles. The lowest BCUT2D eigenvalue weighted by Crippen LogP contribution is -2.48. The van der Waals surface area contributed by atoms with Gasteiger partial charge in [0.05, 0.1) is 0 Å². The van der Waals surface area contributed by atoms with E-state index in [1.807, 2.05) is 6.92 Å². The van der Waals surface area contributed by atoms with Gasteiger partial charge in [0.1, 0.15) is 0 Å². The molecule has 102 valence electrons. The molecule has 2 N–H and O–H groups in total. The third-order valence-corrected chi connectivity index (χ3v) is 5.84. The Kier molecular flexibility index (Phi) is 2.25. The van der Waals surface area contributed by atoms with Crippen LogP contribution in [0.4, 0.5) is 0 Å². The number of hydrogen-bond acceptors (Lipinski definition) is 2. The number of hydrogen-bond donors (Lipinski definition) is 2. The first-order valence-corrected chi connectivity index (χ1v) is 7.59.